The molecule has 1 aliphatic rings. The lowest BCUT2D eigenvalue weighted by Crippen LogP contribution is -2.51. The Balaban J connectivity index is 1.44. The zero-order chi connectivity index (χ0) is 27.2. The first-order valence-electron chi connectivity index (χ1n) is 12.9. The van der Waals surface area contributed by atoms with Gasteiger partial charge in [-0.05, 0) is 33.7 Å². The highest BCUT2D eigenvalue weighted by Gasteiger charge is 2.20. The van der Waals surface area contributed by atoms with Crippen molar-refractivity contribution in [3.05, 3.63) is 39.9 Å². The molecule has 4 heterocycles. The number of hydrogen-bond donors (Lipinski definition) is 2. The second-order valence-electron chi connectivity index (χ2n) is 9.36. The summed E-state index contributed by atoms with van der Waals surface area (Å²) in [6, 6.07) is 0.0223. The van der Waals surface area contributed by atoms with Crippen molar-refractivity contribution in [2.45, 2.75) is 40.2 Å². The lowest BCUT2D eigenvalue weighted by atomic mass is 10.1. The number of pyridine rings is 1. The molecular formula is C27H35ClN8O2. The molecule has 38 heavy (non-hydrogen) atoms. The molecule has 0 spiro atoms. The van der Waals surface area contributed by atoms with Gasteiger partial charge in [0.05, 0.1) is 30.3 Å². The number of urea groups is 1. The number of unbranched alkanes of at least 4 members (excludes halogenated alkanes) is 1. The average molecular weight is 539 g/mol. The number of amides is 2. The van der Waals surface area contributed by atoms with E-state index in [1.165, 1.54) is 0 Å². The van der Waals surface area contributed by atoms with Crippen LogP contribution >= 0.6 is 11.6 Å². The van der Waals surface area contributed by atoms with E-state index in [0.717, 1.165) is 73.7 Å². The van der Waals surface area contributed by atoms with E-state index in [-0.39, 0.29) is 17.1 Å². The third-order valence-corrected chi connectivity index (χ3v) is 7.02. The van der Waals surface area contributed by atoms with Crippen LogP contribution < -0.4 is 15.8 Å². The third kappa shape index (κ3) is 6.11. The molecule has 11 heteroatoms. The predicted octanol–water partition coefficient (Wildman–Crippen LogP) is 3.21. The monoisotopic (exact) mass is 538 g/mol. The molecular weight excluding hydrogens is 504 g/mol. The van der Waals surface area contributed by atoms with E-state index in [9.17, 15) is 4.79 Å². The largest absolute Gasteiger partial charge is 0.496 e. The summed E-state index contributed by atoms with van der Waals surface area (Å²) < 4.78 is 7.53. The minimum absolute atomic E-state index is 0.0223. The number of nitrogens with two attached hydrogens (primary N) is 1. The standard InChI is InChI=1S/C27H35ClN8O2/c1-5-30-27(37)35-13-11-34(12-14-35)10-8-6-7-9-20-16-36(25-22(20)24(28)32-26(29)33-25)17-21-19(3)23(38-4)18(2)15-31-21/h15-16H,5-6,8,10-14,17H2,1-4H3,(H,30,37)(H2,29,32,33). The minimum Gasteiger partial charge on any atom is -0.496 e. The molecule has 10 nitrogen and oxygen atoms in total. The van der Waals surface area contributed by atoms with Crippen LogP contribution in [0.15, 0.2) is 12.4 Å². The van der Waals surface area contributed by atoms with Crippen molar-refractivity contribution in [2.24, 2.45) is 0 Å². The van der Waals surface area contributed by atoms with Crippen LogP contribution in [0.2, 0.25) is 5.15 Å². The lowest BCUT2D eigenvalue weighted by Gasteiger charge is -2.34. The number of nitrogens with zero attached hydrogens (tertiary/aromatic N) is 6. The summed E-state index contributed by atoms with van der Waals surface area (Å²) in [5.74, 6) is 7.50. The highest BCUT2D eigenvalue weighted by Crippen LogP contribution is 2.29. The summed E-state index contributed by atoms with van der Waals surface area (Å²) in [5, 5.41) is 3.84. The second-order valence-corrected chi connectivity index (χ2v) is 9.72. The van der Waals surface area contributed by atoms with Crippen LogP contribution in [0.1, 0.15) is 42.1 Å². The van der Waals surface area contributed by atoms with Gasteiger partial charge in [-0.25, -0.2) is 9.78 Å². The molecule has 0 radical (unpaired) electrons. The first-order chi connectivity index (χ1) is 18.3. The van der Waals surface area contributed by atoms with Crippen LogP contribution in [0.25, 0.3) is 11.0 Å². The van der Waals surface area contributed by atoms with Crippen LogP contribution in [0.5, 0.6) is 5.75 Å². The molecule has 1 fully saturated rings. The number of ether oxygens (including phenoxy) is 1. The maximum absolute atomic E-state index is 12.0. The fourth-order valence-electron chi connectivity index (χ4n) is 4.75. The van der Waals surface area contributed by atoms with Gasteiger partial charge in [-0.1, -0.05) is 23.4 Å². The van der Waals surface area contributed by atoms with Crippen LogP contribution in [-0.2, 0) is 6.54 Å². The van der Waals surface area contributed by atoms with Crippen molar-refractivity contribution in [1.82, 2.24) is 34.6 Å². The molecule has 3 aromatic rings. The number of hydrogen-bond acceptors (Lipinski definition) is 7. The molecule has 0 bridgehead atoms. The number of halogens is 1. The number of methoxy groups -OCH3 is 1. The Kier molecular flexibility index (Phi) is 8.92. The summed E-state index contributed by atoms with van der Waals surface area (Å²) in [7, 11) is 1.66. The predicted molar refractivity (Wildman–Crippen MR) is 150 cm³/mol. The SMILES string of the molecule is CCNC(=O)N1CCN(CCCC#Cc2cn(Cc3ncc(C)c(OC)c3C)c3nc(N)nc(Cl)c23)CC1. The number of piperazine rings is 1. The van der Waals surface area contributed by atoms with Gasteiger partial charge in [0.2, 0.25) is 5.95 Å². The van der Waals surface area contributed by atoms with Gasteiger partial charge in [0, 0.05) is 62.7 Å². The molecule has 0 aliphatic carbocycles. The maximum Gasteiger partial charge on any atom is 0.317 e. The fraction of sp³-hybridized carbons (Fsp3) is 0.481. The van der Waals surface area contributed by atoms with E-state index >= 15 is 0 Å². The van der Waals surface area contributed by atoms with E-state index in [1.54, 1.807) is 7.11 Å². The van der Waals surface area contributed by atoms with Gasteiger partial charge >= 0.3 is 6.03 Å². The summed E-state index contributed by atoms with van der Waals surface area (Å²) in [6.45, 7) is 11.2. The van der Waals surface area contributed by atoms with E-state index in [2.05, 4.69) is 37.0 Å². The molecule has 2 amide bonds. The van der Waals surface area contributed by atoms with Gasteiger partial charge in [-0.3, -0.25) is 9.88 Å². The Labute approximate surface area is 228 Å². The van der Waals surface area contributed by atoms with E-state index < -0.39 is 0 Å². The highest BCUT2D eigenvalue weighted by molar-refractivity contribution is 6.34. The molecule has 1 saturated heterocycles. The molecule has 0 aromatic carbocycles. The average Bonchev–Trinajstić information content (AvgIpc) is 3.23. The first-order valence-corrected chi connectivity index (χ1v) is 13.2. The Morgan fingerprint density at radius 1 is 1.24 bits per heavy atom. The Morgan fingerprint density at radius 2 is 2.00 bits per heavy atom. The fourth-order valence-corrected chi connectivity index (χ4v) is 5.03. The van der Waals surface area contributed by atoms with Crippen LogP contribution in [-0.4, -0.2) is 81.7 Å². The Bertz CT molecular complexity index is 1370. The normalized spacial score (nSPS) is 13.9. The zero-order valence-electron chi connectivity index (χ0n) is 22.5. The molecule has 0 atom stereocenters. The van der Waals surface area contributed by atoms with Crippen molar-refractivity contribution >= 4 is 34.6 Å². The number of aryl methyl sites for hydroxylation is 1. The number of carbonyl (C=O) groups is 1. The summed E-state index contributed by atoms with van der Waals surface area (Å²) in [5.41, 5.74) is 10.1. The van der Waals surface area contributed by atoms with Gasteiger partial charge in [-0.2, -0.15) is 4.98 Å². The van der Waals surface area contributed by atoms with E-state index in [0.29, 0.717) is 24.1 Å². The molecule has 4 rings (SSSR count). The van der Waals surface area contributed by atoms with Gasteiger partial charge in [-0.15, -0.1) is 0 Å². The van der Waals surface area contributed by atoms with E-state index in [1.807, 2.05) is 42.6 Å². The van der Waals surface area contributed by atoms with Crippen molar-refractivity contribution in [2.75, 3.05) is 52.1 Å². The molecule has 0 saturated carbocycles. The lowest BCUT2D eigenvalue weighted by molar-refractivity contribution is 0.139. The van der Waals surface area contributed by atoms with Crippen LogP contribution in [0.3, 0.4) is 0 Å². The maximum atomic E-state index is 12.0. The summed E-state index contributed by atoms with van der Waals surface area (Å²) >= 11 is 6.49. The van der Waals surface area contributed by atoms with Gasteiger partial charge in [0.1, 0.15) is 16.5 Å². The van der Waals surface area contributed by atoms with Gasteiger partial charge < -0.3 is 25.3 Å². The quantitative estimate of drug-likeness (QED) is 0.270. The second kappa shape index (κ2) is 12.3. The number of anilines is 1. The van der Waals surface area contributed by atoms with Crippen molar-refractivity contribution in [3.8, 4) is 17.6 Å². The number of aromatic nitrogens is 4. The molecule has 3 aromatic heterocycles. The summed E-state index contributed by atoms with van der Waals surface area (Å²) in [6.07, 6.45) is 5.43. The van der Waals surface area contributed by atoms with Crippen LogP contribution in [0.4, 0.5) is 10.7 Å². The van der Waals surface area contributed by atoms with Gasteiger partial charge in [0.25, 0.3) is 0 Å². The van der Waals surface area contributed by atoms with Crippen LogP contribution in [0, 0.1) is 25.7 Å². The van der Waals surface area contributed by atoms with Gasteiger partial charge in [0.15, 0.2) is 0 Å². The number of rotatable bonds is 7. The zero-order valence-corrected chi connectivity index (χ0v) is 23.2. The number of nitrogens with one attached hydrogen (secondary N) is 1. The van der Waals surface area contributed by atoms with Crippen molar-refractivity contribution in [1.29, 1.82) is 0 Å². The van der Waals surface area contributed by atoms with E-state index in [4.69, 9.17) is 22.1 Å². The Morgan fingerprint density at radius 3 is 2.71 bits per heavy atom. The van der Waals surface area contributed by atoms with Crippen molar-refractivity contribution < 1.29 is 9.53 Å². The molecule has 1 aliphatic heterocycles. The number of fused-ring (bicyclic) bond motifs is 1. The minimum atomic E-state index is 0.0223. The number of nitrogen functional groups attached to an aromatic ring is 1. The first kappa shape index (κ1) is 27.5. The number of carbonyl (C=O) groups excluding carboxylic acids is 1. The smallest absolute Gasteiger partial charge is 0.317 e. The molecule has 202 valence electrons. The topological polar surface area (TPSA) is 114 Å². The van der Waals surface area contributed by atoms with Crippen molar-refractivity contribution in [3.63, 3.8) is 0 Å². The highest BCUT2D eigenvalue weighted by atomic mass is 35.5. The summed E-state index contributed by atoms with van der Waals surface area (Å²) in [4.78, 5) is 29.5. The third-order valence-electron chi connectivity index (χ3n) is 6.75. The Hall–Kier alpha value is -3.55. The molecule has 3 N–H and O–H groups in total. The molecule has 0 unspecified atom stereocenters.